The van der Waals surface area contributed by atoms with Crippen molar-refractivity contribution in [3.63, 3.8) is 0 Å². The van der Waals surface area contributed by atoms with Gasteiger partial charge < -0.3 is 10.1 Å². The molecule has 0 atom stereocenters. The van der Waals surface area contributed by atoms with E-state index >= 15 is 0 Å². The molecule has 0 saturated heterocycles. The van der Waals surface area contributed by atoms with Crippen molar-refractivity contribution in [1.82, 2.24) is 9.13 Å². The number of anilines is 1. The minimum Gasteiger partial charge on any atom is -0.497 e. The second-order valence-corrected chi connectivity index (χ2v) is 7.69. The van der Waals surface area contributed by atoms with Gasteiger partial charge >= 0.3 is 5.69 Å². The fourth-order valence-corrected chi connectivity index (χ4v) is 4.00. The first-order chi connectivity index (χ1) is 15.2. The third kappa shape index (κ3) is 4.73. The van der Waals surface area contributed by atoms with E-state index in [0.29, 0.717) is 16.5 Å². The summed E-state index contributed by atoms with van der Waals surface area (Å²) in [5, 5.41) is 3.55. The zero-order valence-corrected chi connectivity index (χ0v) is 17.7. The first kappa shape index (κ1) is 20.6. The molecule has 0 aliphatic rings. The van der Waals surface area contributed by atoms with Crippen molar-refractivity contribution in [2.24, 2.45) is 0 Å². The molecule has 6 nitrogen and oxygen atoms in total. The molecule has 0 aliphatic carbocycles. The van der Waals surface area contributed by atoms with Crippen LogP contribution in [0.15, 0.2) is 101 Å². The normalized spacial score (nSPS) is 10.6. The Labute approximate surface area is 184 Å². The summed E-state index contributed by atoms with van der Waals surface area (Å²) in [5.41, 5.74) is 1.99. The topological polar surface area (TPSA) is 65.3 Å². The van der Waals surface area contributed by atoms with Crippen molar-refractivity contribution >= 4 is 23.4 Å². The van der Waals surface area contributed by atoms with Gasteiger partial charge in [-0.05, 0) is 36.4 Å². The highest BCUT2D eigenvalue weighted by molar-refractivity contribution is 7.99. The van der Waals surface area contributed by atoms with Crippen LogP contribution in [0.5, 0.6) is 5.75 Å². The molecule has 0 fully saturated rings. The zero-order valence-electron chi connectivity index (χ0n) is 16.9. The van der Waals surface area contributed by atoms with Crippen molar-refractivity contribution in [3.8, 4) is 17.1 Å². The number of ether oxygens (including phenoxy) is 1. The first-order valence-corrected chi connectivity index (χ1v) is 10.7. The van der Waals surface area contributed by atoms with Crippen LogP contribution in [0.2, 0.25) is 0 Å². The molecule has 0 aliphatic heterocycles. The number of rotatable bonds is 7. The van der Waals surface area contributed by atoms with Crippen LogP contribution in [0, 0.1) is 0 Å². The molecule has 1 amide bonds. The molecule has 4 aromatic rings. The fraction of sp³-hybridized carbons (Fsp3) is 0.0833. The summed E-state index contributed by atoms with van der Waals surface area (Å²) in [4.78, 5) is 25.7. The zero-order chi connectivity index (χ0) is 21.6. The predicted octanol–water partition coefficient (Wildman–Crippen LogP) is 4.37. The molecule has 7 heteroatoms. The molecule has 3 aromatic carbocycles. The number of nitrogens with one attached hydrogen (secondary N) is 1. The Morgan fingerprint density at radius 1 is 0.935 bits per heavy atom. The molecule has 0 spiro atoms. The van der Waals surface area contributed by atoms with Crippen molar-refractivity contribution in [2.75, 3.05) is 18.2 Å². The van der Waals surface area contributed by atoms with Gasteiger partial charge in [0.2, 0.25) is 5.91 Å². The number of imidazole rings is 1. The van der Waals surface area contributed by atoms with Crippen LogP contribution >= 0.6 is 11.8 Å². The van der Waals surface area contributed by atoms with E-state index in [0.717, 1.165) is 11.4 Å². The van der Waals surface area contributed by atoms with E-state index in [9.17, 15) is 9.59 Å². The van der Waals surface area contributed by atoms with E-state index < -0.39 is 0 Å². The van der Waals surface area contributed by atoms with Gasteiger partial charge in [0.1, 0.15) is 10.8 Å². The number of methoxy groups -OCH3 is 1. The number of amides is 1. The second-order valence-electron chi connectivity index (χ2n) is 6.70. The van der Waals surface area contributed by atoms with Gasteiger partial charge in [0.15, 0.2) is 0 Å². The largest absolute Gasteiger partial charge is 0.497 e. The van der Waals surface area contributed by atoms with Gasteiger partial charge in [-0.2, -0.15) is 0 Å². The van der Waals surface area contributed by atoms with Crippen LogP contribution in [0.1, 0.15) is 0 Å². The summed E-state index contributed by atoms with van der Waals surface area (Å²) < 4.78 is 8.41. The van der Waals surface area contributed by atoms with Crippen LogP contribution in [0.4, 0.5) is 5.69 Å². The highest BCUT2D eigenvalue weighted by Gasteiger charge is 2.16. The molecule has 0 unspecified atom stereocenters. The number of carbonyl (C=O) groups is 1. The third-order valence-electron chi connectivity index (χ3n) is 4.61. The second kappa shape index (κ2) is 9.40. The molecular weight excluding hydrogens is 410 g/mol. The Morgan fingerprint density at radius 2 is 1.61 bits per heavy atom. The predicted molar refractivity (Wildman–Crippen MR) is 124 cm³/mol. The summed E-state index contributed by atoms with van der Waals surface area (Å²) in [7, 11) is 1.58. The molecule has 4 rings (SSSR count). The lowest BCUT2D eigenvalue weighted by Crippen LogP contribution is -2.22. The molecule has 31 heavy (non-hydrogen) atoms. The first-order valence-electron chi connectivity index (χ1n) is 9.67. The SMILES string of the molecule is COc1cccc(NC(=O)CSc2cn(-c3ccccc3)c(=O)n2-c2ccccc2)c1. The number of hydrogen-bond acceptors (Lipinski definition) is 4. The summed E-state index contributed by atoms with van der Waals surface area (Å²) in [6, 6.07) is 26.0. The van der Waals surface area contributed by atoms with Crippen LogP contribution < -0.4 is 15.7 Å². The van der Waals surface area contributed by atoms with Gasteiger partial charge in [-0.15, -0.1) is 0 Å². The molecule has 0 bridgehead atoms. The maximum absolute atomic E-state index is 13.2. The van der Waals surface area contributed by atoms with E-state index in [2.05, 4.69) is 5.32 Å². The van der Waals surface area contributed by atoms with E-state index in [1.165, 1.54) is 11.8 Å². The Hall–Kier alpha value is -3.71. The lowest BCUT2D eigenvalue weighted by molar-refractivity contribution is -0.113. The monoisotopic (exact) mass is 431 g/mol. The number of hydrogen-bond donors (Lipinski definition) is 1. The smallest absolute Gasteiger partial charge is 0.338 e. The number of para-hydroxylation sites is 2. The molecular formula is C24H21N3O3S. The summed E-state index contributed by atoms with van der Waals surface area (Å²) in [6.07, 6.45) is 1.77. The van der Waals surface area contributed by atoms with E-state index in [-0.39, 0.29) is 17.3 Å². The third-order valence-corrected chi connectivity index (χ3v) is 5.60. The highest BCUT2D eigenvalue weighted by Crippen LogP contribution is 2.23. The minimum absolute atomic E-state index is 0.155. The van der Waals surface area contributed by atoms with Crippen LogP contribution in [0.25, 0.3) is 11.4 Å². The van der Waals surface area contributed by atoms with Crippen molar-refractivity contribution in [1.29, 1.82) is 0 Å². The van der Waals surface area contributed by atoms with Gasteiger partial charge in [-0.25, -0.2) is 4.79 Å². The molecule has 1 aromatic heterocycles. The van der Waals surface area contributed by atoms with Gasteiger partial charge in [0.25, 0.3) is 0 Å². The Bertz CT molecular complexity index is 1230. The highest BCUT2D eigenvalue weighted by atomic mass is 32.2. The molecule has 156 valence electrons. The van der Waals surface area contributed by atoms with Crippen molar-refractivity contribution in [2.45, 2.75) is 5.03 Å². The van der Waals surface area contributed by atoms with E-state index in [1.54, 1.807) is 34.6 Å². The fourth-order valence-electron chi connectivity index (χ4n) is 3.15. The standard InChI is InChI=1S/C24H21N3O3S/c1-30-21-14-8-9-18(15-21)25-22(28)17-31-23-16-26(19-10-4-2-5-11-19)24(29)27(23)20-12-6-3-7-13-20/h2-16H,17H2,1H3,(H,25,28). The summed E-state index contributed by atoms with van der Waals surface area (Å²) in [6.45, 7) is 0. The van der Waals surface area contributed by atoms with Crippen molar-refractivity contribution in [3.05, 3.63) is 102 Å². The van der Waals surface area contributed by atoms with Gasteiger partial charge in [-0.1, -0.05) is 54.2 Å². The Kier molecular flexibility index (Phi) is 6.24. The van der Waals surface area contributed by atoms with E-state index in [4.69, 9.17) is 4.74 Å². The number of carbonyl (C=O) groups excluding carboxylic acids is 1. The van der Waals surface area contributed by atoms with Crippen LogP contribution in [-0.2, 0) is 4.79 Å². The molecule has 0 saturated carbocycles. The summed E-state index contributed by atoms with van der Waals surface area (Å²) in [5.74, 6) is 0.656. The number of thioether (sulfide) groups is 1. The average molecular weight is 432 g/mol. The van der Waals surface area contributed by atoms with Gasteiger partial charge in [-0.3, -0.25) is 13.9 Å². The van der Waals surface area contributed by atoms with Crippen molar-refractivity contribution < 1.29 is 9.53 Å². The number of nitrogens with zero attached hydrogens (tertiary/aromatic N) is 2. The Morgan fingerprint density at radius 3 is 2.29 bits per heavy atom. The maximum atomic E-state index is 13.2. The quantitative estimate of drug-likeness (QED) is 0.442. The van der Waals surface area contributed by atoms with Gasteiger partial charge in [0, 0.05) is 18.0 Å². The van der Waals surface area contributed by atoms with E-state index in [1.807, 2.05) is 72.8 Å². The summed E-state index contributed by atoms with van der Waals surface area (Å²) >= 11 is 1.31. The molecule has 1 N–H and O–H groups in total. The maximum Gasteiger partial charge on any atom is 0.338 e. The average Bonchev–Trinajstić information content (AvgIpc) is 3.15. The number of aromatic nitrogens is 2. The Balaban J connectivity index is 1.60. The van der Waals surface area contributed by atoms with Crippen LogP contribution in [0.3, 0.4) is 0 Å². The lowest BCUT2D eigenvalue weighted by atomic mass is 10.3. The minimum atomic E-state index is -0.187. The molecule has 0 radical (unpaired) electrons. The number of benzene rings is 3. The van der Waals surface area contributed by atoms with Gasteiger partial charge in [0.05, 0.1) is 24.2 Å². The lowest BCUT2D eigenvalue weighted by Gasteiger charge is -2.08. The van der Waals surface area contributed by atoms with Crippen LogP contribution in [-0.4, -0.2) is 27.9 Å². The molecule has 1 heterocycles.